The highest BCUT2D eigenvalue weighted by Crippen LogP contribution is 2.24. The molecule has 0 aliphatic heterocycles. The lowest BCUT2D eigenvalue weighted by Crippen LogP contribution is -1.94. The smallest absolute Gasteiger partial charge is 0.286 e. The fraction of sp³-hybridized carbons (Fsp3) is 0.0769. The Morgan fingerprint density at radius 3 is 2.85 bits per heavy atom. The Kier molecular flexibility index (Phi) is 2.79. The van der Waals surface area contributed by atoms with Crippen LogP contribution < -0.4 is 4.74 Å². The monoisotopic (exact) mass is 270 g/mol. The summed E-state index contributed by atoms with van der Waals surface area (Å²) < 4.78 is 6.75. The van der Waals surface area contributed by atoms with Gasteiger partial charge < -0.3 is 4.74 Å². The first kappa shape index (κ1) is 12.1. The summed E-state index contributed by atoms with van der Waals surface area (Å²) in [4.78, 5) is 10.4. The van der Waals surface area contributed by atoms with E-state index in [-0.39, 0.29) is 5.69 Å². The van der Waals surface area contributed by atoms with E-state index in [2.05, 4.69) is 10.2 Å². The van der Waals surface area contributed by atoms with E-state index in [1.807, 2.05) is 18.2 Å². The molecule has 0 saturated heterocycles. The molecule has 0 atom stereocenters. The van der Waals surface area contributed by atoms with E-state index in [0.29, 0.717) is 17.2 Å². The third kappa shape index (κ3) is 1.95. The molecule has 0 unspecified atom stereocenters. The predicted octanol–water partition coefficient (Wildman–Crippen LogP) is 2.31. The van der Waals surface area contributed by atoms with Crippen molar-refractivity contribution in [2.24, 2.45) is 0 Å². The van der Waals surface area contributed by atoms with E-state index in [1.165, 1.54) is 12.3 Å². The molecule has 0 saturated carbocycles. The Hall–Kier alpha value is -2.96. The van der Waals surface area contributed by atoms with Gasteiger partial charge in [-0.25, -0.2) is 0 Å². The van der Waals surface area contributed by atoms with Crippen molar-refractivity contribution in [1.29, 1.82) is 0 Å². The summed E-state index contributed by atoms with van der Waals surface area (Å²) in [5.74, 6) is 1.22. The second kappa shape index (κ2) is 4.61. The zero-order chi connectivity index (χ0) is 14.1. The van der Waals surface area contributed by atoms with Gasteiger partial charge in [0.2, 0.25) is 0 Å². The number of fused-ring (bicyclic) bond motifs is 1. The van der Waals surface area contributed by atoms with Crippen LogP contribution in [0.25, 0.3) is 17.0 Å². The second-order valence-corrected chi connectivity index (χ2v) is 4.13. The summed E-state index contributed by atoms with van der Waals surface area (Å²) in [6, 6.07) is 10.3. The van der Waals surface area contributed by atoms with Crippen molar-refractivity contribution in [1.82, 2.24) is 14.6 Å². The summed E-state index contributed by atoms with van der Waals surface area (Å²) in [6.45, 7) is 0. The first-order valence-electron chi connectivity index (χ1n) is 5.82. The van der Waals surface area contributed by atoms with Gasteiger partial charge in [0, 0.05) is 11.6 Å². The molecule has 0 amide bonds. The first-order chi connectivity index (χ1) is 9.69. The molecule has 0 bridgehead atoms. The van der Waals surface area contributed by atoms with Crippen molar-refractivity contribution in [3.63, 3.8) is 0 Å². The molecule has 1 aromatic carbocycles. The number of rotatable bonds is 3. The molecule has 3 rings (SSSR count). The Morgan fingerprint density at radius 1 is 1.25 bits per heavy atom. The van der Waals surface area contributed by atoms with Crippen LogP contribution in [0.3, 0.4) is 0 Å². The SMILES string of the molecule is COc1cccc(-c2nnc3ccc([N+](=O)[O-])cn23)c1. The summed E-state index contributed by atoms with van der Waals surface area (Å²) in [5.41, 5.74) is 1.31. The van der Waals surface area contributed by atoms with Crippen molar-refractivity contribution in [2.45, 2.75) is 0 Å². The molecule has 0 fully saturated rings. The van der Waals surface area contributed by atoms with Gasteiger partial charge in [0.25, 0.3) is 5.69 Å². The quantitative estimate of drug-likeness (QED) is 0.538. The van der Waals surface area contributed by atoms with E-state index < -0.39 is 4.92 Å². The normalized spacial score (nSPS) is 10.7. The molecule has 0 radical (unpaired) electrons. The van der Waals surface area contributed by atoms with Crippen molar-refractivity contribution >= 4 is 11.3 Å². The van der Waals surface area contributed by atoms with Crippen LogP contribution in [0.2, 0.25) is 0 Å². The Labute approximate surface area is 113 Å². The molecule has 100 valence electrons. The Balaban J connectivity index is 2.20. The topological polar surface area (TPSA) is 82.6 Å². The van der Waals surface area contributed by atoms with Gasteiger partial charge in [-0.1, -0.05) is 12.1 Å². The molecule has 2 heterocycles. The van der Waals surface area contributed by atoms with Crippen molar-refractivity contribution in [3.8, 4) is 17.1 Å². The van der Waals surface area contributed by atoms with Gasteiger partial charge in [0.1, 0.15) is 5.75 Å². The van der Waals surface area contributed by atoms with Gasteiger partial charge in [-0.3, -0.25) is 14.5 Å². The van der Waals surface area contributed by atoms with Crippen LogP contribution in [0, 0.1) is 10.1 Å². The maximum absolute atomic E-state index is 10.8. The minimum atomic E-state index is -0.450. The van der Waals surface area contributed by atoms with E-state index in [4.69, 9.17) is 4.74 Å². The number of nitrogens with zero attached hydrogens (tertiary/aromatic N) is 4. The Morgan fingerprint density at radius 2 is 2.10 bits per heavy atom. The van der Waals surface area contributed by atoms with Crippen molar-refractivity contribution < 1.29 is 9.66 Å². The summed E-state index contributed by atoms with van der Waals surface area (Å²) >= 11 is 0. The summed E-state index contributed by atoms with van der Waals surface area (Å²) in [7, 11) is 1.58. The number of ether oxygens (including phenoxy) is 1. The van der Waals surface area contributed by atoms with Gasteiger partial charge in [-0.15, -0.1) is 10.2 Å². The lowest BCUT2D eigenvalue weighted by Gasteiger charge is -2.03. The highest BCUT2D eigenvalue weighted by molar-refractivity contribution is 5.62. The van der Waals surface area contributed by atoms with Crippen molar-refractivity contribution in [2.75, 3.05) is 7.11 Å². The van der Waals surface area contributed by atoms with E-state index >= 15 is 0 Å². The lowest BCUT2D eigenvalue weighted by atomic mass is 10.2. The Bertz CT molecular complexity index is 797. The molecule has 7 heteroatoms. The molecule has 0 N–H and O–H groups in total. The van der Waals surface area contributed by atoms with E-state index in [1.54, 1.807) is 23.6 Å². The molecule has 0 spiro atoms. The second-order valence-electron chi connectivity index (χ2n) is 4.13. The van der Waals surface area contributed by atoms with Crippen LogP contribution in [0.4, 0.5) is 5.69 Å². The van der Waals surface area contributed by atoms with Gasteiger partial charge >= 0.3 is 0 Å². The average Bonchev–Trinajstić information content (AvgIpc) is 2.90. The largest absolute Gasteiger partial charge is 0.497 e. The number of aromatic nitrogens is 3. The highest BCUT2D eigenvalue weighted by Gasteiger charge is 2.13. The highest BCUT2D eigenvalue weighted by atomic mass is 16.6. The number of benzene rings is 1. The first-order valence-corrected chi connectivity index (χ1v) is 5.82. The molecular weight excluding hydrogens is 260 g/mol. The van der Waals surface area contributed by atoms with Crippen LogP contribution in [-0.2, 0) is 0 Å². The number of nitro groups is 1. The van der Waals surface area contributed by atoms with Crippen LogP contribution in [0.1, 0.15) is 0 Å². The zero-order valence-electron chi connectivity index (χ0n) is 10.6. The predicted molar refractivity (Wildman–Crippen MR) is 71.6 cm³/mol. The third-order valence-electron chi connectivity index (χ3n) is 2.93. The molecule has 0 aliphatic carbocycles. The molecule has 0 aliphatic rings. The average molecular weight is 270 g/mol. The summed E-state index contributed by atoms with van der Waals surface area (Å²) in [6.07, 6.45) is 1.41. The molecule has 3 aromatic rings. The number of methoxy groups -OCH3 is 1. The maximum atomic E-state index is 10.8. The summed E-state index contributed by atoms with van der Waals surface area (Å²) in [5, 5.41) is 18.9. The van der Waals surface area contributed by atoms with Gasteiger partial charge in [-0.2, -0.15) is 0 Å². The standard InChI is InChI=1S/C13H10N4O3/c1-20-11-4-2-3-9(7-11)13-15-14-12-6-5-10(17(18)19)8-16(12)13/h2-8H,1H3. The van der Waals surface area contributed by atoms with Gasteiger partial charge in [0.05, 0.1) is 18.2 Å². The maximum Gasteiger partial charge on any atom is 0.286 e. The molecule has 20 heavy (non-hydrogen) atoms. The van der Waals surface area contributed by atoms with Crippen LogP contribution in [0.5, 0.6) is 5.75 Å². The van der Waals surface area contributed by atoms with E-state index in [9.17, 15) is 10.1 Å². The van der Waals surface area contributed by atoms with Gasteiger partial charge in [0.15, 0.2) is 11.5 Å². The fourth-order valence-corrected chi connectivity index (χ4v) is 1.95. The van der Waals surface area contributed by atoms with Gasteiger partial charge in [-0.05, 0) is 18.2 Å². The fourth-order valence-electron chi connectivity index (χ4n) is 1.95. The lowest BCUT2D eigenvalue weighted by molar-refractivity contribution is -0.385. The minimum Gasteiger partial charge on any atom is -0.497 e. The number of pyridine rings is 1. The number of hydrogen-bond acceptors (Lipinski definition) is 5. The van der Waals surface area contributed by atoms with Crippen LogP contribution in [0.15, 0.2) is 42.6 Å². The zero-order valence-corrected chi connectivity index (χ0v) is 10.6. The van der Waals surface area contributed by atoms with Crippen molar-refractivity contribution in [3.05, 3.63) is 52.7 Å². The minimum absolute atomic E-state index is 0.0125. The van der Waals surface area contributed by atoms with E-state index in [0.717, 1.165) is 5.56 Å². The molecular formula is C13H10N4O3. The number of hydrogen-bond donors (Lipinski definition) is 0. The van der Waals surface area contributed by atoms with Crippen LogP contribution >= 0.6 is 0 Å². The third-order valence-corrected chi connectivity index (χ3v) is 2.93. The van der Waals surface area contributed by atoms with Crippen LogP contribution in [-0.4, -0.2) is 26.6 Å². The molecule has 2 aromatic heterocycles. The molecule has 7 nitrogen and oxygen atoms in total.